The van der Waals surface area contributed by atoms with Crippen LogP contribution < -0.4 is 5.32 Å². The number of nitrogens with one attached hydrogen (secondary N) is 1. The van der Waals surface area contributed by atoms with Gasteiger partial charge in [-0.15, -0.1) is 0 Å². The predicted molar refractivity (Wildman–Crippen MR) is 82.5 cm³/mol. The molecule has 2 rings (SSSR count). The molecule has 1 aliphatic carbocycles. The molecule has 0 bridgehead atoms. The van der Waals surface area contributed by atoms with E-state index in [2.05, 4.69) is 55.5 Å². The van der Waals surface area contributed by atoms with Crippen molar-refractivity contribution >= 4 is 0 Å². The summed E-state index contributed by atoms with van der Waals surface area (Å²) in [6, 6.07) is 10.0. The van der Waals surface area contributed by atoms with Crippen LogP contribution >= 0.6 is 0 Å². The molecule has 1 N–H and O–H groups in total. The fourth-order valence-electron chi connectivity index (χ4n) is 3.29. The summed E-state index contributed by atoms with van der Waals surface area (Å²) >= 11 is 0. The van der Waals surface area contributed by atoms with E-state index in [1.807, 2.05) is 0 Å². The molecular weight excluding hydrogens is 232 g/mol. The Morgan fingerprint density at radius 2 is 1.95 bits per heavy atom. The Labute approximate surface area is 118 Å². The van der Waals surface area contributed by atoms with E-state index in [1.165, 1.54) is 49.8 Å². The summed E-state index contributed by atoms with van der Waals surface area (Å²) in [5.74, 6) is 0. The van der Waals surface area contributed by atoms with Gasteiger partial charge in [0.2, 0.25) is 0 Å². The van der Waals surface area contributed by atoms with Crippen LogP contribution in [0.3, 0.4) is 0 Å². The van der Waals surface area contributed by atoms with E-state index in [1.54, 1.807) is 0 Å². The molecule has 1 fully saturated rings. The molecule has 1 aromatic carbocycles. The first-order valence-corrected chi connectivity index (χ1v) is 7.65. The van der Waals surface area contributed by atoms with E-state index in [9.17, 15) is 0 Å². The Hall–Kier alpha value is -0.860. The van der Waals surface area contributed by atoms with Crippen molar-refractivity contribution in [3.05, 3.63) is 35.4 Å². The normalized spacial score (nSPS) is 18.1. The summed E-state index contributed by atoms with van der Waals surface area (Å²) in [5.41, 5.74) is 2.84. The second-order valence-electron chi connectivity index (χ2n) is 5.91. The van der Waals surface area contributed by atoms with E-state index >= 15 is 0 Å². The highest BCUT2D eigenvalue weighted by Gasteiger charge is 2.20. The molecule has 106 valence electrons. The summed E-state index contributed by atoms with van der Waals surface area (Å²) in [6.45, 7) is 3.39. The highest BCUT2D eigenvalue weighted by atomic mass is 15.1. The predicted octanol–water partition coefficient (Wildman–Crippen LogP) is 3.52. The van der Waals surface area contributed by atoms with Crippen molar-refractivity contribution in [3.63, 3.8) is 0 Å². The van der Waals surface area contributed by atoms with E-state index in [0.717, 1.165) is 6.04 Å². The Balaban J connectivity index is 1.90. The second kappa shape index (κ2) is 7.06. The number of hydrogen-bond acceptors (Lipinski definition) is 2. The summed E-state index contributed by atoms with van der Waals surface area (Å²) in [7, 11) is 4.37. The third-order valence-electron chi connectivity index (χ3n) is 4.63. The molecule has 0 saturated heterocycles. The van der Waals surface area contributed by atoms with Crippen molar-refractivity contribution in [1.29, 1.82) is 0 Å². The van der Waals surface area contributed by atoms with Crippen LogP contribution in [-0.2, 0) is 0 Å². The van der Waals surface area contributed by atoms with Gasteiger partial charge in [0.15, 0.2) is 0 Å². The monoisotopic (exact) mass is 260 g/mol. The van der Waals surface area contributed by atoms with Crippen molar-refractivity contribution in [2.24, 2.45) is 0 Å². The zero-order chi connectivity index (χ0) is 13.7. The summed E-state index contributed by atoms with van der Waals surface area (Å²) in [6.07, 6.45) is 6.81. The molecule has 1 saturated carbocycles. The van der Waals surface area contributed by atoms with Crippen LogP contribution in [0.25, 0.3) is 0 Å². The zero-order valence-corrected chi connectivity index (χ0v) is 12.7. The average molecular weight is 260 g/mol. The number of benzene rings is 1. The SMILES string of the molecule is CNC(CCN(C)C1CCCC1)c1ccccc1C. The Bertz CT molecular complexity index is 383. The molecular formula is C17H28N2. The highest BCUT2D eigenvalue weighted by molar-refractivity contribution is 5.28. The Morgan fingerprint density at radius 3 is 2.58 bits per heavy atom. The minimum Gasteiger partial charge on any atom is -0.313 e. The van der Waals surface area contributed by atoms with Crippen LogP contribution in [0, 0.1) is 6.92 Å². The minimum absolute atomic E-state index is 0.477. The molecule has 0 radical (unpaired) electrons. The number of rotatable bonds is 6. The molecule has 19 heavy (non-hydrogen) atoms. The van der Waals surface area contributed by atoms with Crippen molar-refractivity contribution in [2.45, 2.75) is 51.1 Å². The first kappa shape index (κ1) is 14.5. The van der Waals surface area contributed by atoms with E-state index < -0.39 is 0 Å². The zero-order valence-electron chi connectivity index (χ0n) is 12.7. The van der Waals surface area contributed by atoms with Gasteiger partial charge in [0, 0.05) is 12.1 Å². The first-order chi connectivity index (χ1) is 9.22. The minimum atomic E-state index is 0.477. The van der Waals surface area contributed by atoms with Crippen molar-refractivity contribution in [3.8, 4) is 0 Å². The van der Waals surface area contributed by atoms with E-state index in [0.29, 0.717) is 6.04 Å². The van der Waals surface area contributed by atoms with Crippen LogP contribution in [0.15, 0.2) is 24.3 Å². The number of nitrogens with zero attached hydrogens (tertiary/aromatic N) is 1. The van der Waals surface area contributed by atoms with Crippen LogP contribution in [0.2, 0.25) is 0 Å². The topological polar surface area (TPSA) is 15.3 Å². The molecule has 1 unspecified atom stereocenters. The summed E-state index contributed by atoms with van der Waals surface area (Å²) in [4.78, 5) is 2.57. The molecule has 1 aromatic rings. The third-order valence-corrected chi connectivity index (χ3v) is 4.63. The fourth-order valence-corrected chi connectivity index (χ4v) is 3.29. The van der Waals surface area contributed by atoms with Crippen molar-refractivity contribution in [1.82, 2.24) is 10.2 Å². The largest absolute Gasteiger partial charge is 0.313 e. The van der Waals surface area contributed by atoms with Gasteiger partial charge in [-0.3, -0.25) is 0 Å². The van der Waals surface area contributed by atoms with Gasteiger partial charge >= 0.3 is 0 Å². The van der Waals surface area contributed by atoms with Gasteiger partial charge in [0.05, 0.1) is 0 Å². The lowest BCUT2D eigenvalue weighted by Crippen LogP contribution is -2.32. The fraction of sp³-hybridized carbons (Fsp3) is 0.647. The van der Waals surface area contributed by atoms with Crippen LogP contribution in [-0.4, -0.2) is 31.6 Å². The number of hydrogen-bond donors (Lipinski definition) is 1. The van der Waals surface area contributed by atoms with Gasteiger partial charge in [-0.05, 0) is 58.0 Å². The van der Waals surface area contributed by atoms with Crippen LogP contribution in [0.5, 0.6) is 0 Å². The molecule has 0 spiro atoms. The summed E-state index contributed by atoms with van der Waals surface area (Å²) in [5, 5.41) is 3.48. The molecule has 2 heteroatoms. The maximum atomic E-state index is 3.48. The van der Waals surface area contributed by atoms with E-state index in [-0.39, 0.29) is 0 Å². The Kier molecular flexibility index (Phi) is 5.41. The smallest absolute Gasteiger partial charge is 0.0332 e. The van der Waals surface area contributed by atoms with Gasteiger partial charge in [0.1, 0.15) is 0 Å². The standard InChI is InChI=1S/C17H28N2/c1-14-8-4-7-11-16(14)17(18-2)12-13-19(3)15-9-5-6-10-15/h4,7-8,11,15,17-18H,5-6,9-10,12-13H2,1-3H3. The highest BCUT2D eigenvalue weighted by Crippen LogP contribution is 2.25. The molecule has 2 nitrogen and oxygen atoms in total. The van der Waals surface area contributed by atoms with Gasteiger partial charge in [-0.2, -0.15) is 0 Å². The maximum Gasteiger partial charge on any atom is 0.0332 e. The molecule has 0 aliphatic heterocycles. The molecule has 0 heterocycles. The lowest BCUT2D eigenvalue weighted by Gasteiger charge is -2.27. The van der Waals surface area contributed by atoms with Crippen LogP contribution in [0.4, 0.5) is 0 Å². The Morgan fingerprint density at radius 1 is 1.26 bits per heavy atom. The molecule has 0 aromatic heterocycles. The van der Waals surface area contributed by atoms with Gasteiger partial charge in [-0.25, -0.2) is 0 Å². The van der Waals surface area contributed by atoms with Gasteiger partial charge < -0.3 is 10.2 Å². The lowest BCUT2D eigenvalue weighted by molar-refractivity contribution is 0.233. The van der Waals surface area contributed by atoms with Crippen molar-refractivity contribution < 1.29 is 0 Å². The average Bonchev–Trinajstić information content (AvgIpc) is 2.95. The molecule has 1 atom stereocenters. The van der Waals surface area contributed by atoms with Crippen molar-refractivity contribution in [2.75, 3.05) is 20.6 Å². The molecule has 0 amide bonds. The second-order valence-corrected chi connectivity index (χ2v) is 5.91. The maximum absolute atomic E-state index is 3.48. The quantitative estimate of drug-likeness (QED) is 0.842. The van der Waals surface area contributed by atoms with Gasteiger partial charge in [0.25, 0.3) is 0 Å². The lowest BCUT2D eigenvalue weighted by atomic mass is 9.98. The molecule has 1 aliphatic rings. The van der Waals surface area contributed by atoms with Gasteiger partial charge in [-0.1, -0.05) is 37.1 Å². The van der Waals surface area contributed by atoms with Crippen LogP contribution in [0.1, 0.15) is 49.3 Å². The third kappa shape index (κ3) is 3.80. The first-order valence-electron chi connectivity index (χ1n) is 7.65. The van der Waals surface area contributed by atoms with E-state index in [4.69, 9.17) is 0 Å². The number of aryl methyl sites for hydroxylation is 1. The summed E-state index contributed by atoms with van der Waals surface area (Å²) < 4.78 is 0.